The van der Waals surface area contributed by atoms with Gasteiger partial charge in [-0.2, -0.15) is 0 Å². The van der Waals surface area contributed by atoms with Gasteiger partial charge in [-0.1, -0.05) is 74.0 Å². The molecule has 0 saturated carbocycles. The van der Waals surface area contributed by atoms with Gasteiger partial charge in [0.15, 0.2) is 5.76 Å². The minimum absolute atomic E-state index is 0.121. The Morgan fingerprint density at radius 2 is 1.56 bits per heavy atom. The average Bonchev–Trinajstić information content (AvgIpc) is 2.71. The van der Waals surface area contributed by atoms with Gasteiger partial charge in [-0.05, 0) is 23.6 Å². The molecule has 0 fully saturated rings. The fourth-order valence-electron chi connectivity index (χ4n) is 2.99. The van der Waals surface area contributed by atoms with E-state index >= 15 is 0 Å². The first-order chi connectivity index (χ1) is 13.3. The molecule has 2 atom stereocenters. The predicted molar refractivity (Wildman–Crippen MR) is 104 cm³/mol. The van der Waals surface area contributed by atoms with Crippen molar-refractivity contribution in [3.8, 4) is 0 Å². The van der Waals surface area contributed by atoms with Gasteiger partial charge in [-0.25, -0.2) is 0 Å². The second-order valence-electron chi connectivity index (χ2n) is 6.62. The van der Waals surface area contributed by atoms with Crippen LogP contribution in [-0.4, -0.2) is 24.6 Å². The molecular formula is C23H26O4. The third-order valence-electron chi connectivity index (χ3n) is 4.40. The normalized spacial score (nSPS) is 19.6. The van der Waals surface area contributed by atoms with E-state index in [1.165, 1.54) is 0 Å². The summed E-state index contributed by atoms with van der Waals surface area (Å²) in [5.41, 5.74) is 2.10. The monoisotopic (exact) mass is 366 g/mol. The van der Waals surface area contributed by atoms with Gasteiger partial charge in [0.2, 0.25) is 5.78 Å². The van der Waals surface area contributed by atoms with Gasteiger partial charge >= 0.3 is 0 Å². The van der Waals surface area contributed by atoms with Crippen LogP contribution in [0.4, 0.5) is 0 Å². The minimum atomic E-state index is -0.624. The number of benzene rings is 2. The highest BCUT2D eigenvalue weighted by Gasteiger charge is 2.32. The van der Waals surface area contributed by atoms with Crippen molar-refractivity contribution in [1.82, 2.24) is 0 Å². The zero-order valence-corrected chi connectivity index (χ0v) is 15.7. The largest absolute Gasteiger partial charge is 0.485 e. The molecule has 1 heterocycles. The highest BCUT2D eigenvalue weighted by atomic mass is 16.5. The SMILES string of the molecule is CCC[C@@H]1C=C(OCc2ccccc2)C(=O)[C@@H](COCc2ccccc2)O1. The van der Waals surface area contributed by atoms with Crippen LogP contribution in [0.5, 0.6) is 0 Å². The summed E-state index contributed by atoms with van der Waals surface area (Å²) in [5, 5.41) is 0. The highest BCUT2D eigenvalue weighted by molar-refractivity contribution is 5.98. The Morgan fingerprint density at radius 3 is 2.19 bits per heavy atom. The molecule has 0 saturated heterocycles. The van der Waals surface area contributed by atoms with E-state index in [1.807, 2.05) is 66.7 Å². The molecule has 142 valence electrons. The fourth-order valence-corrected chi connectivity index (χ4v) is 2.99. The number of hydrogen-bond donors (Lipinski definition) is 0. The van der Waals surface area contributed by atoms with E-state index in [0.29, 0.717) is 19.0 Å². The highest BCUT2D eigenvalue weighted by Crippen LogP contribution is 2.22. The fraction of sp³-hybridized carbons (Fsp3) is 0.348. The number of ether oxygens (including phenoxy) is 3. The Bertz CT molecular complexity index is 739. The Labute approximate surface area is 160 Å². The van der Waals surface area contributed by atoms with Gasteiger partial charge in [0.1, 0.15) is 12.7 Å². The van der Waals surface area contributed by atoms with E-state index < -0.39 is 6.10 Å². The summed E-state index contributed by atoms with van der Waals surface area (Å²) in [7, 11) is 0. The number of rotatable bonds is 9. The lowest BCUT2D eigenvalue weighted by atomic mass is 10.1. The standard InChI is InChI=1S/C23H26O4/c1-2-9-20-14-21(26-16-19-12-7-4-8-13-19)23(24)22(27-20)17-25-15-18-10-5-3-6-11-18/h3-8,10-14,20,22H,2,9,15-17H2,1H3/t20-,22-/m1/s1. The summed E-state index contributed by atoms with van der Waals surface area (Å²) in [5.74, 6) is 0.239. The Hall–Kier alpha value is -2.43. The summed E-state index contributed by atoms with van der Waals surface area (Å²) in [6.07, 6.45) is 2.88. The maximum atomic E-state index is 12.7. The third-order valence-corrected chi connectivity index (χ3v) is 4.40. The van der Waals surface area contributed by atoms with E-state index in [-0.39, 0.29) is 18.5 Å². The van der Waals surface area contributed by atoms with E-state index in [2.05, 4.69) is 6.92 Å². The minimum Gasteiger partial charge on any atom is -0.485 e. The molecule has 0 N–H and O–H groups in total. The molecule has 0 aromatic heterocycles. The van der Waals surface area contributed by atoms with Crippen LogP contribution in [-0.2, 0) is 32.2 Å². The first kappa shape index (κ1) is 19.3. The molecule has 4 heteroatoms. The molecule has 4 nitrogen and oxygen atoms in total. The van der Waals surface area contributed by atoms with Crippen molar-refractivity contribution in [3.05, 3.63) is 83.6 Å². The first-order valence-corrected chi connectivity index (χ1v) is 9.46. The van der Waals surface area contributed by atoms with E-state index in [1.54, 1.807) is 0 Å². The van der Waals surface area contributed by atoms with Gasteiger partial charge in [-0.15, -0.1) is 0 Å². The lowest BCUT2D eigenvalue weighted by Gasteiger charge is -2.28. The zero-order valence-electron chi connectivity index (χ0n) is 15.7. The van der Waals surface area contributed by atoms with Crippen molar-refractivity contribution in [1.29, 1.82) is 0 Å². The molecule has 0 bridgehead atoms. The molecule has 1 aliphatic heterocycles. The average molecular weight is 366 g/mol. The van der Waals surface area contributed by atoms with Crippen molar-refractivity contribution < 1.29 is 19.0 Å². The molecule has 0 unspecified atom stereocenters. The molecule has 27 heavy (non-hydrogen) atoms. The van der Waals surface area contributed by atoms with Gasteiger partial charge in [0, 0.05) is 0 Å². The Kier molecular flexibility index (Phi) is 7.19. The van der Waals surface area contributed by atoms with Crippen molar-refractivity contribution in [3.63, 3.8) is 0 Å². The van der Waals surface area contributed by atoms with Gasteiger partial charge in [-0.3, -0.25) is 4.79 Å². The topological polar surface area (TPSA) is 44.8 Å². The number of ketones is 1. The molecule has 3 rings (SSSR count). The quantitative estimate of drug-likeness (QED) is 0.658. The lowest BCUT2D eigenvalue weighted by Crippen LogP contribution is -2.38. The molecule has 2 aromatic rings. The number of Topliss-reactive ketones (excluding diaryl/α,β-unsaturated/α-hetero) is 1. The number of hydrogen-bond acceptors (Lipinski definition) is 4. The van der Waals surface area contributed by atoms with Crippen LogP contribution in [0.3, 0.4) is 0 Å². The molecule has 2 aromatic carbocycles. The van der Waals surface area contributed by atoms with Crippen LogP contribution in [0.2, 0.25) is 0 Å². The predicted octanol–water partition coefficient (Wildman–Crippen LogP) is 4.44. The van der Waals surface area contributed by atoms with E-state index in [4.69, 9.17) is 14.2 Å². The van der Waals surface area contributed by atoms with E-state index in [0.717, 1.165) is 24.0 Å². The summed E-state index contributed by atoms with van der Waals surface area (Å²) in [6, 6.07) is 19.7. The van der Waals surface area contributed by atoms with Gasteiger partial charge in [0.25, 0.3) is 0 Å². The number of carbonyl (C=O) groups is 1. The smallest absolute Gasteiger partial charge is 0.228 e. The first-order valence-electron chi connectivity index (χ1n) is 9.46. The summed E-state index contributed by atoms with van der Waals surface area (Å²) in [4.78, 5) is 12.7. The van der Waals surface area contributed by atoms with Crippen molar-refractivity contribution in [2.24, 2.45) is 0 Å². The number of carbonyl (C=O) groups excluding carboxylic acids is 1. The maximum absolute atomic E-state index is 12.7. The zero-order chi connectivity index (χ0) is 18.9. The van der Waals surface area contributed by atoms with Crippen LogP contribution in [0.15, 0.2) is 72.5 Å². The molecular weight excluding hydrogens is 340 g/mol. The third kappa shape index (κ3) is 5.78. The molecule has 0 spiro atoms. The second-order valence-corrected chi connectivity index (χ2v) is 6.62. The maximum Gasteiger partial charge on any atom is 0.228 e. The Morgan fingerprint density at radius 1 is 0.926 bits per heavy atom. The Balaban J connectivity index is 1.59. The van der Waals surface area contributed by atoms with Crippen molar-refractivity contribution in [2.75, 3.05) is 6.61 Å². The van der Waals surface area contributed by atoms with Crippen LogP contribution in [0, 0.1) is 0 Å². The summed E-state index contributed by atoms with van der Waals surface area (Å²) >= 11 is 0. The van der Waals surface area contributed by atoms with Crippen LogP contribution in [0.1, 0.15) is 30.9 Å². The van der Waals surface area contributed by atoms with Crippen LogP contribution >= 0.6 is 0 Å². The molecule has 1 aliphatic rings. The van der Waals surface area contributed by atoms with E-state index in [9.17, 15) is 4.79 Å². The van der Waals surface area contributed by atoms with Gasteiger partial charge < -0.3 is 14.2 Å². The summed E-state index contributed by atoms with van der Waals surface area (Å²) in [6.45, 7) is 3.14. The molecule has 0 radical (unpaired) electrons. The van der Waals surface area contributed by atoms with Crippen molar-refractivity contribution in [2.45, 2.75) is 45.2 Å². The lowest BCUT2D eigenvalue weighted by molar-refractivity contribution is -0.142. The van der Waals surface area contributed by atoms with Crippen LogP contribution in [0.25, 0.3) is 0 Å². The second kappa shape index (κ2) is 10.0. The van der Waals surface area contributed by atoms with Gasteiger partial charge in [0.05, 0.1) is 19.3 Å². The molecule has 0 aliphatic carbocycles. The van der Waals surface area contributed by atoms with Crippen LogP contribution < -0.4 is 0 Å². The summed E-state index contributed by atoms with van der Waals surface area (Å²) < 4.78 is 17.5. The molecule has 0 amide bonds. The van der Waals surface area contributed by atoms with Crippen molar-refractivity contribution >= 4 is 5.78 Å².